The van der Waals surface area contributed by atoms with E-state index in [9.17, 15) is 0 Å². The summed E-state index contributed by atoms with van der Waals surface area (Å²) in [6.07, 6.45) is 0.374. The van der Waals surface area contributed by atoms with Crippen molar-refractivity contribution < 1.29 is 4.74 Å². The van der Waals surface area contributed by atoms with E-state index < -0.39 is 0 Å². The van der Waals surface area contributed by atoms with Gasteiger partial charge in [-0.25, -0.2) is 0 Å². The Hall–Kier alpha value is -0.0600. The van der Waals surface area contributed by atoms with Crippen LogP contribution in [0.5, 0.6) is 5.06 Å². The number of thiophene rings is 1. The SMILES string of the molecule is Cc1cc(Br)c(OC2CNC2)s1. The molecule has 0 spiro atoms. The van der Waals surface area contributed by atoms with Gasteiger partial charge in [0, 0.05) is 18.0 Å². The molecule has 4 heteroatoms. The molecule has 0 aliphatic carbocycles. The number of ether oxygens (including phenoxy) is 1. The summed E-state index contributed by atoms with van der Waals surface area (Å²) in [5.74, 6) is 0. The fourth-order valence-electron chi connectivity index (χ4n) is 1.04. The standard InChI is InChI=1S/C8H10BrNOS/c1-5-2-7(9)8(12-5)11-6-3-10-4-6/h2,6,10H,3-4H2,1H3. The van der Waals surface area contributed by atoms with Gasteiger partial charge in [-0.1, -0.05) is 0 Å². The number of aryl methyl sites for hydroxylation is 1. The average Bonchev–Trinajstić information content (AvgIpc) is 2.21. The summed E-state index contributed by atoms with van der Waals surface area (Å²) < 4.78 is 6.79. The fourth-order valence-corrected chi connectivity index (χ4v) is 2.68. The van der Waals surface area contributed by atoms with Crippen LogP contribution in [-0.4, -0.2) is 19.2 Å². The Balaban J connectivity index is 2.05. The van der Waals surface area contributed by atoms with Crippen molar-refractivity contribution in [1.82, 2.24) is 5.32 Å². The molecule has 1 aliphatic rings. The van der Waals surface area contributed by atoms with Gasteiger partial charge in [-0.2, -0.15) is 0 Å². The summed E-state index contributed by atoms with van der Waals surface area (Å²) in [7, 11) is 0. The molecule has 0 bridgehead atoms. The molecule has 1 aromatic heterocycles. The second-order valence-corrected chi connectivity index (χ2v) is 4.96. The third-order valence-electron chi connectivity index (χ3n) is 1.80. The molecule has 1 aliphatic heterocycles. The van der Waals surface area contributed by atoms with E-state index in [1.54, 1.807) is 11.3 Å². The Morgan fingerprint density at radius 3 is 2.83 bits per heavy atom. The normalized spacial score (nSPS) is 17.5. The van der Waals surface area contributed by atoms with E-state index in [0.717, 1.165) is 22.6 Å². The highest BCUT2D eigenvalue weighted by Gasteiger charge is 2.20. The molecular formula is C8H10BrNOS. The van der Waals surface area contributed by atoms with Gasteiger partial charge in [0.05, 0.1) is 4.47 Å². The van der Waals surface area contributed by atoms with E-state index >= 15 is 0 Å². The molecule has 1 aromatic rings. The Morgan fingerprint density at radius 2 is 2.42 bits per heavy atom. The van der Waals surface area contributed by atoms with Crippen molar-refractivity contribution in [2.24, 2.45) is 0 Å². The summed E-state index contributed by atoms with van der Waals surface area (Å²) in [5, 5.41) is 4.19. The number of hydrogen-bond acceptors (Lipinski definition) is 3. The first kappa shape index (κ1) is 8.53. The predicted octanol–water partition coefficient (Wildman–Crippen LogP) is 2.17. The zero-order valence-electron chi connectivity index (χ0n) is 6.76. The number of halogens is 1. The maximum Gasteiger partial charge on any atom is 0.188 e. The first-order chi connectivity index (χ1) is 5.75. The Bertz CT molecular complexity index is 283. The smallest absolute Gasteiger partial charge is 0.188 e. The van der Waals surface area contributed by atoms with Crippen molar-refractivity contribution in [1.29, 1.82) is 0 Å². The molecule has 66 valence electrons. The van der Waals surface area contributed by atoms with Crippen LogP contribution in [0.25, 0.3) is 0 Å². The average molecular weight is 248 g/mol. The highest BCUT2D eigenvalue weighted by molar-refractivity contribution is 9.10. The monoisotopic (exact) mass is 247 g/mol. The van der Waals surface area contributed by atoms with Gasteiger partial charge >= 0.3 is 0 Å². The van der Waals surface area contributed by atoms with Crippen LogP contribution in [0.15, 0.2) is 10.5 Å². The zero-order chi connectivity index (χ0) is 8.55. The Labute approximate surface area is 84.1 Å². The Kier molecular flexibility index (Phi) is 2.39. The predicted molar refractivity (Wildman–Crippen MR) is 54.0 cm³/mol. The van der Waals surface area contributed by atoms with Crippen molar-refractivity contribution >= 4 is 27.3 Å². The first-order valence-corrected chi connectivity index (χ1v) is 5.50. The summed E-state index contributed by atoms with van der Waals surface area (Å²) in [4.78, 5) is 1.28. The zero-order valence-corrected chi connectivity index (χ0v) is 9.17. The van der Waals surface area contributed by atoms with Crippen LogP contribution in [-0.2, 0) is 0 Å². The molecule has 1 fully saturated rings. The largest absolute Gasteiger partial charge is 0.477 e. The van der Waals surface area contributed by atoms with Crippen LogP contribution in [0, 0.1) is 6.92 Å². The molecule has 2 heterocycles. The van der Waals surface area contributed by atoms with E-state index in [-0.39, 0.29) is 0 Å². The van der Waals surface area contributed by atoms with Crippen LogP contribution in [0.1, 0.15) is 4.88 Å². The molecule has 2 rings (SSSR count). The van der Waals surface area contributed by atoms with Gasteiger partial charge in [0.2, 0.25) is 0 Å². The molecule has 1 saturated heterocycles. The fraction of sp³-hybridized carbons (Fsp3) is 0.500. The minimum absolute atomic E-state index is 0.374. The van der Waals surface area contributed by atoms with Crippen molar-refractivity contribution in [3.63, 3.8) is 0 Å². The number of hydrogen-bond donors (Lipinski definition) is 1. The van der Waals surface area contributed by atoms with Crippen molar-refractivity contribution in [3.05, 3.63) is 15.4 Å². The van der Waals surface area contributed by atoms with E-state index in [1.165, 1.54) is 4.88 Å². The lowest BCUT2D eigenvalue weighted by Crippen LogP contribution is -2.50. The van der Waals surface area contributed by atoms with Crippen LogP contribution >= 0.6 is 27.3 Å². The third kappa shape index (κ3) is 1.65. The second kappa shape index (κ2) is 3.36. The summed E-state index contributed by atoms with van der Waals surface area (Å²) in [5.41, 5.74) is 0. The summed E-state index contributed by atoms with van der Waals surface area (Å²) in [6.45, 7) is 4.04. The topological polar surface area (TPSA) is 21.3 Å². The van der Waals surface area contributed by atoms with Crippen LogP contribution < -0.4 is 10.1 Å². The van der Waals surface area contributed by atoms with Gasteiger partial charge in [-0.15, -0.1) is 11.3 Å². The van der Waals surface area contributed by atoms with Crippen molar-refractivity contribution in [2.75, 3.05) is 13.1 Å². The first-order valence-electron chi connectivity index (χ1n) is 3.89. The van der Waals surface area contributed by atoms with Gasteiger partial charge in [-0.3, -0.25) is 0 Å². The molecule has 0 amide bonds. The van der Waals surface area contributed by atoms with Gasteiger partial charge in [0.25, 0.3) is 0 Å². The maximum atomic E-state index is 5.71. The lowest BCUT2D eigenvalue weighted by Gasteiger charge is -2.27. The van der Waals surface area contributed by atoms with E-state index in [4.69, 9.17) is 4.74 Å². The molecule has 0 atom stereocenters. The van der Waals surface area contributed by atoms with E-state index in [0.29, 0.717) is 6.10 Å². The van der Waals surface area contributed by atoms with Crippen LogP contribution in [0.2, 0.25) is 0 Å². The van der Waals surface area contributed by atoms with Gasteiger partial charge in [0.15, 0.2) is 5.06 Å². The Morgan fingerprint density at radius 1 is 1.67 bits per heavy atom. The maximum absolute atomic E-state index is 5.71. The molecule has 1 N–H and O–H groups in total. The molecule has 0 saturated carbocycles. The highest BCUT2D eigenvalue weighted by atomic mass is 79.9. The molecule has 0 aromatic carbocycles. The minimum Gasteiger partial charge on any atom is -0.477 e. The van der Waals surface area contributed by atoms with E-state index in [2.05, 4.69) is 34.2 Å². The number of rotatable bonds is 2. The minimum atomic E-state index is 0.374. The van der Waals surface area contributed by atoms with Gasteiger partial charge in [0.1, 0.15) is 6.10 Å². The molecule has 12 heavy (non-hydrogen) atoms. The third-order valence-corrected chi connectivity index (χ3v) is 3.59. The number of nitrogens with one attached hydrogen (secondary N) is 1. The molecular weight excluding hydrogens is 238 g/mol. The van der Waals surface area contributed by atoms with Crippen LogP contribution in [0.4, 0.5) is 0 Å². The van der Waals surface area contributed by atoms with Crippen molar-refractivity contribution in [3.8, 4) is 5.06 Å². The quantitative estimate of drug-likeness (QED) is 0.866. The molecule has 0 unspecified atom stereocenters. The summed E-state index contributed by atoms with van der Waals surface area (Å²) in [6, 6.07) is 2.09. The van der Waals surface area contributed by atoms with Gasteiger partial charge in [-0.05, 0) is 28.9 Å². The van der Waals surface area contributed by atoms with Crippen LogP contribution in [0.3, 0.4) is 0 Å². The molecule has 2 nitrogen and oxygen atoms in total. The molecule has 0 radical (unpaired) electrons. The lowest BCUT2D eigenvalue weighted by molar-refractivity contribution is 0.146. The van der Waals surface area contributed by atoms with E-state index in [1.807, 2.05) is 0 Å². The van der Waals surface area contributed by atoms with Crippen molar-refractivity contribution in [2.45, 2.75) is 13.0 Å². The summed E-state index contributed by atoms with van der Waals surface area (Å²) >= 11 is 5.16. The lowest BCUT2D eigenvalue weighted by atomic mass is 10.2. The second-order valence-electron chi connectivity index (χ2n) is 2.89. The highest BCUT2D eigenvalue weighted by Crippen LogP contribution is 2.35. The van der Waals surface area contributed by atoms with Gasteiger partial charge < -0.3 is 10.1 Å².